The highest BCUT2D eigenvalue weighted by Gasteiger charge is 2.17. The van der Waals surface area contributed by atoms with Crippen molar-refractivity contribution in [1.82, 2.24) is 0 Å². The molecule has 0 saturated carbocycles. The van der Waals surface area contributed by atoms with Gasteiger partial charge in [0.1, 0.15) is 5.58 Å². The summed E-state index contributed by atoms with van der Waals surface area (Å²) in [5.74, 6) is 1.42. The maximum Gasteiger partial charge on any atom is 0.453 e. The molecule has 0 fully saturated rings. The third kappa shape index (κ3) is 3.71. The van der Waals surface area contributed by atoms with E-state index in [0.29, 0.717) is 11.3 Å². The molecule has 6 rings (SSSR count). The predicted molar refractivity (Wildman–Crippen MR) is 145 cm³/mol. The Labute approximate surface area is 204 Å². The van der Waals surface area contributed by atoms with Crippen molar-refractivity contribution in [3.8, 4) is 11.5 Å². The lowest BCUT2D eigenvalue weighted by Crippen LogP contribution is -1.87. The highest BCUT2D eigenvalue weighted by molar-refractivity contribution is 7.32. The van der Waals surface area contributed by atoms with E-state index in [1.54, 1.807) is 7.11 Å². The topological polar surface area (TPSA) is 44.7 Å². The van der Waals surface area contributed by atoms with Crippen LogP contribution in [0.2, 0.25) is 0 Å². The van der Waals surface area contributed by atoms with Gasteiger partial charge in [0, 0.05) is 21.5 Å². The molecule has 1 aromatic heterocycles. The number of benzene rings is 5. The van der Waals surface area contributed by atoms with E-state index in [2.05, 4.69) is 69.3 Å². The van der Waals surface area contributed by atoms with E-state index in [4.69, 9.17) is 17.7 Å². The fourth-order valence-electron chi connectivity index (χ4n) is 4.81. The average Bonchev–Trinajstić information content (AvgIpc) is 3.00. The minimum absolute atomic E-state index is 0.637. The summed E-state index contributed by atoms with van der Waals surface area (Å²) in [5, 5.41) is 6.17. The summed E-state index contributed by atoms with van der Waals surface area (Å²) in [7, 11) is -0.171. The molecule has 0 amide bonds. The Bertz CT molecular complexity index is 1750. The van der Waals surface area contributed by atoms with E-state index in [0.717, 1.165) is 60.3 Å². The van der Waals surface area contributed by atoms with Crippen LogP contribution in [-0.2, 0) is 0 Å². The van der Waals surface area contributed by atoms with Crippen molar-refractivity contribution in [3.05, 3.63) is 95.6 Å². The van der Waals surface area contributed by atoms with Crippen LogP contribution in [0.15, 0.2) is 87.3 Å². The van der Waals surface area contributed by atoms with Crippen molar-refractivity contribution in [1.29, 1.82) is 0 Å². The molecule has 6 aromatic rings. The first-order chi connectivity index (χ1) is 17.0. The molecule has 1 unspecified atom stereocenters. The molecular weight excluding hydrogens is 455 g/mol. The van der Waals surface area contributed by atoms with Gasteiger partial charge in [-0.1, -0.05) is 54.6 Å². The largest absolute Gasteiger partial charge is 0.493 e. The molecule has 0 saturated heterocycles. The third-order valence-corrected chi connectivity index (χ3v) is 7.34. The van der Waals surface area contributed by atoms with Crippen LogP contribution in [-0.4, -0.2) is 7.11 Å². The first-order valence-electron chi connectivity index (χ1n) is 11.6. The van der Waals surface area contributed by atoms with Gasteiger partial charge in [0.25, 0.3) is 0 Å². The Hall–Kier alpha value is -3.88. The van der Waals surface area contributed by atoms with Gasteiger partial charge in [-0.3, -0.25) is 0 Å². The first kappa shape index (κ1) is 21.6. The minimum atomic E-state index is -1.83. The monoisotopic (exact) mass is 480 g/mol. The number of aryl methyl sites for hydroxylation is 3. The van der Waals surface area contributed by atoms with Crippen LogP contribution < -0.4 is 9.26 Å². The molecule has 35 heavy (non-hydrogen) atoms. The Morgan fingerprint density at radius 1 is 0.629 bits per heavy atom. The van der Waals surface area contributed by atoms with E-state index in [-0.39, 0.29) is 0 Å². The molecule has 5 aromatic carbocycles. The highest BCUT2D eigenvalue weighted by atomic mass is 31.1. The zero-order valence-electron chi connectivity index (χ0n) is 20.1. The molecule has 0 aliphatic rings. The maximum absolute atomic E-state index is 6.66. The zero-order chi connectivity index (χ0) is 24.1. The Morgan fingerprint density at radius 2 is 1.20 bits per heavy atom. The molecule has 0 bridgehead atoms. The Balaban J connectivity index is 1.72. The Kier molecular flexibility index (Phi) is 5.20. The summed E-state index contributed by atoms with van der Waals surface area (Å²) in [6.07, 6.45) is 0. The Morgan fingerprint density at radius 3 is 1.86 bits per heavy atom. The van der Waals surface area contributed by atoms with Crippen molar-refractivity contribution in [3.63, 3.8) is 0 Å². The van der Waals surface area contributed by atoms with E-state index in [1.807, 2.05) is 30.3 Å². The predicted octanol–water partition coefficient (Wildman–Crippen LogP) is 9.37. The third-order valence-electron chi connectivity index (χ3n) is 6.35. The second kappa shape index (κ2) is 8.41. The van der Waals surface area contributed by atoms with Gasteiger partial charge in [0.05, 0.1) is 7.11 Å². The molecule has 4 nitrogen and oxygen atoms in total. The van der Waals surface area contributed by atoms with Gasteiger partial charge in [-0.25, -0.2) is 0 Å². The van der Waals surface area contributed by atoms with Crippen LogP contribution in [0.3, 0.4) is 0 Å². The van der Waals surface area contributed by atoms with Gasteiger partial charge < -0.3 is 17.7 Å². The van der Waals surface area contributed by atoms with E-state index >= 15 is 0 Å². The standard InChI is InChI=1S/C30H25O4P/c1-18-13-20(3)28-25(14-18)26-15-19(2)16-27(31-4)30(26)34-35(32-28)33-29-23-11-7-5-9-21(23)17-22-10-6-8-12-24(22)29/h5-17H,1-4H3. The van der Waals surface area contributed by atoms with E-state index < -0.39 is 8.24 Å². The van der Waals surface area contributed by atoms with Gasteiger partial charge >= 0.3 is 8.24 Å². The number of methoxy groups -OCH3 is 1. The lowest BCUT2D eigenvalue weighted by Gasteiger charge is -2.11. The molecule has 0 spiro atoms. The molecular formula is C30H25O4P. The lowest BCUT2D eigenvalue weighted by atomic mass is 10.0. The van der Waals surface area contributed by atoms with Gasteiger partial charge in [-0.15, -0.1) is 0 Å². The molecule has 0 N–H and O–H groups in total. The van der Waals surface area contributed by atoms with Gasteiger partial charge in [0.2, 0.25) is 0 Å². The molecule has 0 aliphatic carbocycles. The number of fused-ring (bicyclic) bond motifs is 5. The fourth-order valence-corrected chi connectivity index (χ4v) is 6.00. The molecule has 0 aliphatic heterocycles. The summed E-state index contributed by atoms with van der Waals surface area (Å²) in [4.78, 5) is 0. The second-order valence-electron chi connectivity index (χ2n) is 8.95. The summed E-state index contributed by atoms with van der Waals surface area (Å²) in [6.45, 7) is 6.20. The summed E-state index contributed by atoms with van der Waals surface area (Å²) in [5.41, 5.74) is 4.69. The highest BCUT2D eigenvalue weighted by Crippen LogP contribution is 2.45. The van der Waals surface area contributed by atoms with Crippen LogP contribution in [0, 0.1) is 20.8 Å². The summed E-state index contributed by atoms with van der Waals surface area (Å²) >= 11 is 0. The van der Waals surface area contributed by atoms with Crippen molar-refractivity contribution in [2.45, 2.75) is 20.8 Å². The number of rotatable bonds is 3. The van der Waals surface area contributed by atoms with Crippen molar-refractivity contribution in [2.75, 3.05) is 7.11 Å². The normalized spacial score (nSPS) is 11.9. The van der Waals surface area contributed by atoms with Crippen LogP contribution in [0.1, 0.15) is 16.7 Å². The van der Waals surface area contributed by atoms with Crippen LogP contribution in [0.25, 0.3) is 43.5 Å². The summed E-state index contributed by atoms with van der Waals surface area (Å²) < 4.78 is 25.4. The second-order valence-corrected chi connectivity index (χ2v) is 9.94. The number of hydrogen-bond donors (Lipinski definition) is 0. The zero-order valence-corrected chi connectivity index (χ0v) is 21.0. The van der Waals surface area contributed by atoms with Gasteiger partial charge in [0.15, 0.2) is 17.1 Å². The van der Waals surface area contributed by atoms with Crippen molar-refractivity contribution in [2.24, 2.45) is 0 Å². The number of ether oxygens (including phenoxy) is 1. The molecule has 174 valence electrons. The average molecular weight is 481 g/mol. The van der Waals surface area contributed by atoms with E-state index in [1.165, 1.54) is 0 Å². The fraction of sp³-hybridized carbons (Fsp3) is 0.133. The number of hydrogen-bond acceptors (Lipinski definition) is 4. The maximum atomic E-state index is 6.66. The first-order valence-corrected chi connectivity index (χ1v) is 12.7. The van der Waals surface area contributed by atoms with Crippen LogP contribution >= 0.6 is 8.24 Å². The van der Waals surface area contributed by atoms with Gasteiger partial charge in [-0.2, -0.15) is 0 Å². The smallest absolute Gasteiger partial charge is 0.453 e. The van der Waals surface area contributed by atoms with Crippen LogP contribution in [0.5, 0.6) is 11.5 Å². The SMILES string of the molecule is COc1cc(C)cc2c1op(Oc1c3ccccc3cc3ccccc13)oc1c(C)cc(C)cc12. The molecule has 1 heterocycles. The van der Waals surface area contributed by atoms with Crippen LogP contribution in [0.4, 0.5) is 0 Å². The molecule has 5 heteroatoms. The lowest BCUT2D eigenvalue weighted by molar-refractivity contribution is 0.410. The van der Waals surface area contributed by atoms with Crippen molar-refractivity contribution >= 4 is 51.7 Å². The summed E-state index contributed by atoms with van der Waals surface area (Å²) in [6, 6.07) is 27.0. The van der Waals surface area contributed by atoms with E-state index in [9.17, 15) is 0 Å². The molecule has 1 atom stereocenters. The molecule has 0 radical (unpaired) electrons. The van der Waals surface area contributed by atoms with Gasteiger partial charge in [-0.05, 0) is 72.5 Å². The quantitative estimate of drug-likeness (QED) is 0.237. The van der Waals surface area contributed by atoms with Crippen molar-refractivity contribution < 1.29 is 17.7 Å². The minimum Gasteiger partial charge on any atom is -0.493 e.